The van der Waals surface area contributed by atoms with Gasteiger partial charge in [0.1, 0.15) is 36.5 Å². The van der Waals surface area contributed by atoms with Crippen LogP contribution in [0.5, 0.6) is 0 Å². The zero-order valence-electron chi connectivity index (χ0n) is 40.9. The lowest BCUT2D eigenvalue weighted by Gasteiger charge is -2.49. The Balaban J connectivity index is 1.39. The molecule has 5 aromatic carbocycles. The van der Waals surface area contributed by atoms with Gasteiger partial charge in [0.05, 0.1) is 36.8 Å². The van der Waals surface area contributed by atoms with E-state index in [0.29, 0.717) is 5.56 Å². The fraction of sp³-hybridized carbons (Fsp3) is 0.333. The number of halogens is 4. The number of carbonyl (C=O) groups excluding carboxylic acids is 8. The Bertz CT molecular complexity index is 2890. The quantitative estimate of drug-likeness (QED) is 0.0470. The van der Waals surface area contributed by atoms with E-state index in [2.05, 4.69) is 5.32 Å². The molecule has 19 nitrogen and oxygen atoms in total. The number of fused-ring (bicyclic) bond motifs is 1. The summed E-state index contributed by atoms with van der Waals surface area (Å²) in [5, 5.41) is 4.25. The Kier molecular flexibility index (Phi) is 20.4. The molecular formula is C54H49Cl4NO18. The number of hydrogen-bond donors (Lipinski definition) is 1. The number of ether oxygens (including phenoxy) is 10. The van der Waals surface area contributed by atoms with Gasteiger partial charge >= 0.3 is 35.8 Å². The van der Waals surface area contributed by atoms with E-state index < -0.39 is 132 Å². The van der Waals surface area contributed by atoms with Gasteiger partial charge < -0.3 is 57.5 Å². The van der Waals surface area contributed by atoms with Crippen LogP contribution in [0.1, 0.15) is 56.4 Å². The van der Waals surface area contributed by atoms with Crippen LogP contribution in [0.4, 0.5) is 0 Å². The van der Waals surface area contributed by atoms with Crippen molar-refractivity contribution in [1.82, 2.24) is 5.32 Å². The summed E-state index contributed by atoms with van der Waals surface area (Å²) in [7, 11) is 0.962. The fourth-order valence-electron chi connectivity index (χ4n) is 8.17. The van der Waals surface area contributed by atoms with Crippen LogP contribution in [0.25, 0.3) is 10.8 Å². The first kappa shape index (κ1) is 58.0. The van der Waals surface area contributed by atoms with Crippen molar-refractivity contribution in [2.75, 3.05) is 19.6 Å². The Morgan fingerprint density at radius 1 is 0.584 bits per heavy atom. The first-order chi connectivity index (χ1) is 36.9. The van der Waals surface area contributed by atoms with E-state index in [0.717, 1.165) is 17.9 Å². The maximum Gasteiger partial charge on any atom is 0.339 e. The number of benzene rings is 5. The molecule has 7 rings (SSSR count). The third-order valence-electron chi connectivity index (χ3n) is 11.9. The normalized spacial score (nSPS) is 23.1. The average molecular weight is 1140 g/mol. The highest BCUT2D eigenvalue weighted by molar-refractivity contribution is 6.76. The van der Waals surface area contributed by atoms with Gasteiger partial charge in [0.15, 0.2) is 43.1 Å². The molecule has 0 radical (unpaired) electrons. The van der Waals surface area contributed by atoms with E-state index in [1.165, 1.54) is 67.6 Å². The number of nitrogens with one attached hydrogen (secondary N) is 1. The van der Waals surface area contributed by atoms with Crippen LogP contribution in [0.15, 0.2) is 133 Å². The molecule has 2 heterocycles. The van der Waals surface area contributed by atoms with Crippen LogP contribution >= 0.6 is 46.4 Å². The number of hydrogen-bond acceptors (Lipinski definition) is 18. The Labute approximate surface area is 460 Å². The second-order valence-electron chi connectivity index (χ2n) is 17.3. The minimum atomic E-state index is -2.71. The van der Waals surface area contributed by atoms with Crippen LogP contribution in [0, 0.1) is 0 Å². The lowest BCUT2D eigenvalue weighted by Crippen LogP contribution is -2.70. The summed E-state index contributed by atoms with van der Waals surface area (Å²) in [4.78, 5) is 109. The minimum absolute atomic E-state index is 0.0628. The number of carbonyl (C=O) groups is 8. The Morgan fingerprint density at radius 3 is 1.71 bits per heavy atom. The summed E-state index contributed by atoms with van der Waals surface area (Å²) in [5.41, 5.74) is 0.560. The van der Waals surface area contributed by atoms with Crippen molar-refractivity contribution in [3.63, 3.8) is 0 Å². The molecule has 0 unspecified atom stereocenters. The van der Waals surface area contributed by atoms with Crippen LogP contribution in [-0.2, 0) is 77.9 Å². The number of alkyl halides is 4. The van der Waals surface area contributed by atoms with Crippen molar-refractivity contribution in [1.29, 1.82) is 0 Å². The minimum Gasteiger partial charge on any atom is -0.467 e. The zero-order valence-corrected chi connectivity index (χ0v) is 43.9. The lowest BCUT2D eigenvalue weighted by molar-refractivity contribution is -0.341. The highest BCUT2D eigenvalue weighted by Gasteiger charge is 2.59. The molecule has 406 valence electrons. The molecule has 1 N–H and O–H groups in total. The first-order valence-electron chi connectivity index (χ1n) is 23.6. The molecule has 77 heavy (non-hydrogen) atoms. The van der Waals surface area contributed by atoms with Gasteiger partial charge in [-0.25, -0.2) is 19.2 Å². The van der Waals surface area contributed by atoms with E-state index in [1.54, 1.807) is 36.4 Å². The van der Waals surface area contributed by atoms with Crippen LogP contribution in [0.2, 0.25) is 0 Å². The molecule has 0 saturated carbocycles. The van der Waals surface area contributed by atoms with Crippen molar-refractivity contribution in [3.8, 4) is 0 Å². The molecule has 2 saturated heterocycles. The number of amides is 1. The molecule has 23 heteroatoms. The Morgan fingerprint density at radius 2 is 1.14 bits per heavy atom. The molecule has 2 aliphatic heterocycles. The molecule has 1 amide bonds. The van der Waals surface area contributed by atoms with E-state index in [1.807, 2.05) is 36.4 Å². The highest BCUT2D eigenvalue weighted by Crippen LogP contribution is 2.37. The highest BCUT2D eigenvalue weighted by atomic mass is 35.6. The average Bonchev–Trinajstić information content (AvgIpc) is 3.49. The second-order valence-corrected chi connectivity index (χ2v) is 19.8. The predicted molar refractivity (Wildman–Crippen MR) is 274 cm³/mol. The molecule has 0 bridgehead atoms. The van der Waals surface area contributed by atoms with E-state index >= 15 is 0 Å². The van der Waals surface area contributed by atoms with Gasteiger partial charge in [0.2, 0.25) is 0 Å². The molecule has 5 aromatic rings. The molecule has 10 atom stereocenters. The third-order valence-corrected chi connectivity index (χ3v) is 12.6. The first-order valence-corrected chi connectivity index (χ1v) is 25.3. The molecular weight excluding hydrogens is 1090 g/mol. The van der Waals surface area contributed by atoms with Gasteiger partial charge in [0, 0.05) is 6.42 Å². The SMILES string of the molecule is COC(=O)[C@H]1O[C@@H](O[C@@H]2[C@@H](NC(=O)C(Cl)(Cl)Cl)[C@H](OCc3ccc4ccccc4c3)O[C@H](COC(=O)c3ccccc3)[C@@H]2OC(=O)CCl)[C@H](OC(=O)c2ccccc2)[C@@H](OC(=O)c2ccccc2)[C@@H]1OC(=O)CCC(C)=O. The predicted octanol–water partition coefficient (Wildman–Crippen LogP) is 6.96. The summed E-state index contributed by atoms with van der Waals surface area (Å²) < 4.78 is 57.9. The van der Waals surface area contributed by atoms with Gasteiger partial charge in [-0.1, -0.05) is 126 Å². The van der Waals surface area contributed by atoms with E-state index in [4.69, 9.17) is 93.8 Å². The van der Waals surface area contributed by atoms with Gasteiger partial charge in [0.25, 0.3) is 9.70 Å². The van der Waals surface area contributed by atoms with Crippen molar-refractivity contribution < 1.29 is 85.7 Å². The Hall–Kier alpha value is -6.68. The smallest absolute Gasteiger partial charge is 0.339 e. The summed E-state index contributed by atoms with van der Waals surface area (Å²) in [6.07, 6.45) is -18.6. The van der Waals surface area contributed by atoms with Crippen LogP contribution in [-0.4, -0.2) is 132 Å². The zero-order chi connectivity index (χ0) is 55.2. The largest absolute Gasteiger partial charge is 0.467 e. The molecule has 2 aliphatic rings. The number of rotatable bonds is 20. The number of esters is 6. The third kappa shape index (κ3) is 15.5. The maximum atomic E-state index is 14.3. The molecule has 0 aliphatic carbocycles. The number of methoxy groups -OCH3 is 1. The van der Waals surface area contributed by atoms with Gasteiger partial charge in [-0.2, -0.15) is 0 Å². The van der Waals surface area contributed by atoms with Crippen molar-refractivity contribution >= 4 is 105 Å². The lowest BCUT2D eigenvalue weighted by atomic mass is 9.94. The number of Topliss-reactive ketones (excluding diaryl/α,β-unsaturated/α-hetero) is 1. The number of ketones is 1. The topological polar surface area (TPSA) is 241 Å². The summed E-state index contributed by atoms with van der Waals surface area (Å²) in [6.45, 7) is 0.238. The molecule has 0 aromatic heterocycles. The van der Waals surface area contributed by atoms with Gasteiger partial charge in [-0.15, -0.1) is 11.6 Å². The van der Waals surface area contributed by atoms with Crippen molar-refractivity contribution in [3.05, 3.63) is 156 Å². The van der Waals surface area contributed by atoms with Crippen LogP contribution < -0.4 is 5.32 Å². The molecule has 2 fully saturated rings. The fourth-order valence-corrected chi connectivity index (χ4v) is 8.39. The second kappa shape index (κ2) is 27.1. The van der Waals surface area contributed by atoms with Crippen molar-refractivity contribution in [2.24, 2.45) is 0 Å². The van der Waals surface area contributed by atoms with Crippen molar-refractivity contribution in [2.45, 2.75) is 91.5 Å². The van der Waals surface area contributed by atoms with E-state index in [9.17, 15) is 38.4 Å². The standard InChI is InChI=1S/C54H49Cl4NO18/c1-30(60)22-25-38(61)72-43-44(74-48(64)34-17-8-4-9-18-34)46(75-49(65)35-19-10-5-11-20-35)52(77-45(43)50(66)68-2)76-42-40(59-53(67)54(56,57)58)51(70-28-31-23-24-32-14-12-13-21-36(32)26-31)71-37(41(42)73-39(62)27-55)29-69-47(63)33-15-6-3-7-16-33/h3-21,23-24,26,37,40-46,51-52H,22,25,27-29H2,1-2H3,(H,59,67)/t37-,40-,41+,42-,43+,44+,45+,46-,51-,52-/m1/s1. The summed E-state index contributed by atoms with van der Waals surface area (Å²) >= 11 is 24.5. The summed E-state index contributed by atoms with van der Waals surface area (Å²) in [5.74, 6) is -9.00. The van der Waals surface area contributed by atoms with Gasteiger partial charge in [-0.05, 0) is 65.7 Å². The van der Waals surface area contributed by atoms with Gasteiger partial charge in [-0.3, -0.25) is 14.4 Å². The maximum absolute atomic E-state index is 14.3. The summed E-state index contributed by atoms with van der Waals surface area (Å²) in [6, 6.07) is 33.7. The van der Waals surface area contributed by atoms with Crippen LogP contribution in [0.3, 0.4) is 0 Å². The van der Waals surface area contributed by atoms with E-state index in [-0.39, 0.29) is 29.7 Å². The monoisotopic (exact) mass is 1140 g/mol. The molecule has 0 spiro atoms.